The maximum absolute atomic E-state index is 13.3. The van der Waals surface area contributed by atoms with Crippen LogP contribution in [0, 0.1) is 5.82 Å². The Morgan fingerprint density at radius 1 is 1.09 bits per heavy atom. The molecule has 3 aromatic rings. The van der Waals surface area contributed by atoms with Crippen LogP contribution in [0.4, 0.5) is 4.39 Å². The summed E-state index contributed by atoms with van der Waals surface area (Å²) in [5.41, 5.74) is 1.31. The van der Waals surface area contributed by atoms with Crippen LogP contribution >= 0.6 is 0 Å². The highest BCUT2D eigenvalue weighted by Gasteiger charge is 2.23. The zero-order chi connectivity index (χ0) is 15.1. The minimum Gasteiger partial charge on any atom is -0.490 e. The van der Waals surface area contributed by atoms with Gasteiger partial charge in [0.1, 0.15) is 17.1 Å². The van der Waals surface area contributed by atoms with E-state index in [9.17, 15) is 9.18 Å². The van der Waals surface area contributed by atoms with Gasteiger partial charge in [0.2, 0.25) is 0 Å². The second kappa shape index (κ2) is 4.98. The third kappa shape index (κ3) is 2.48. The zero-order valence-electron chi connectivity index (χ0n) is 11.7. The molecule has 0 aliphatic heterocycles. The van der Waals surface area contributed by atoms with Gasteiger partial charge in [-0.15, -0.1) is 0 Å². The van der Waals surface area contributed by atoms with E-state index in [1.54, 1.807) is 6.07 Å². The van der Waals surface area contributed by atoms with Crippen molar-refractivity contribution in [1.82, 2.24) is 0 Å². The average molecular weight is 296 g/mol. The predicted molar refractivity (Wildman–Crippen MR) is 81.5 cm³/mol. The highest BCUT2D eigenvalue weighted by molar-refractivity contribution is 5.93. The average Bonchev–Trinajstić information content (AvgIpc) is 3.30. The van der Waals surface area contributed by atoms with Crippen LogP contribution in [0.25, 0.3) is 22.1 Å². The van der Waals surface area contributed by atoms with Crippen LogP contribution in [0.5, 0.6) is 5.75 Å². The second-order valence-corrected chi connectivity index (χ2v) is 5.46. The van der Waals surface area contributed by atoms with Gasteiger partial charge in [-0.3, -0.25) is 0 Å². The van der Waals surface area contributed by atoms with Crippen LogP contribution in [0.3, 0.4) is 0 Å². The standard InChI is InChI=1S/C18H13FO3/c19-12-4-7-15-16(10-18(20)22-17(15)9-12)11-2-1-3-14(8-11)21-13-5-6-13/h1-4,7-10,13H,5-6H2. The molecule has 0 radical (unpaired) electrons. The van der Waals surface area contributed by atoms with Crippen LogP contribution in [0.1, 0.15) is 12.8 Å². The van der Waals surface area contributed by atoms with Crippen LogP contribution in [0.15, 0.2) is 57.7 Å². The summed E-state index contributed by atoms with van der Waals surface area (Å²) in [6.45, 7) is 0. The molecular weight excluding hydrogens is 283 g/mol. The smallest absolute Gasteiger partial charge is 0.336 e. The van der Waals surface area contributed by atoms with Gasteiger partial charge in [0.15, 0.2) is 0 Å². The molecule has 4 heteroatoms. The van der Waals surface area contributed by atoms with Gasteiger partial charge in [-0.25, -0.2) is 9.18 Å². The van der Waals surface area contributed by atoms with Crippen molar-refractivity contribution in [3.8, 4) is 16.9 Å². The van der Waals surface area contributed by atoms with Crippen molar-refractivity contribution < 1.29 is 13.5 Å². The Labute approximate surface area is 126 Å². The molecule has 0 unspecified atom stereocenters. The molecule has 4 rings (SSSR count). The molecule has 1 aliphatic carbocycles. The molecule has 0 N–H and O–H groups in total. The van der Waals surface area contributed by atoms with E-state index in [1.807, 2.05) is 24.3 Å². The summed E-state index contributed by atoms with van der Waals surface area (Å²) >= 11 is 0. The SMILES string of the molecule is O=c1cc(-c2cccc(OC3CC3)c2)c2ccc(F)cc2o1. The first-order valence-corrected chi connectivity index (χ1v) is 7.19. The Morgan fingerprint density at radius 2 is 1.95 bits per heavy atom. The van der Waals surface area contributed by atoms with Crippen molar-refractivity contribution in [1.29, 1.82) is 0 Å². The molecule has 1 aliphatic rings. The molecule has 0 atom stereocenters. The summed E-state index contributed by atoms with van der Waals surface area (Å²) < 4.78 is 24.2. The largest absolute Gasteiger partial charge is 0.490 e. The fourth-order valence-electron chi connectivity index (χ4n) is 2.49. The summed E-state index contributed by atoms with van der Waals surface area (Å²) in [6, 6.07) is 13.2. The molecule has 0 amide bonds. The van der Waals surface area contributed by atoms with Crippen molar-refractivity contribution in [3.63, 3.8) is 0 Å². The van der Waals surface area contributed by atoms with Gasteiger partial charge in [0, 0.05) is 17.5 Å². The molecule has 22 heavy (non-hydrogen) atoms. The van der Waals surface area contributed by atoms with E-state index < -0.39 is 11.4 Å². The predicted octanol–water partition coefficient (Wildman–Crippen LogP) is 4.14. The van der Waals surface area contributed by atoms with Crippen LogP contribution in [0.2, 0.25) is 0 Å². The van der Waals surface area contributed by atoms with Crippen molar-refractivity contribution in [2.45, 2.75) is 18.9 Å². The first-order chi connectivity index (χ1) is 10.7. The van der Waals surface area contributed by atoms with E-state index in [1.165, 1.54) is 18.2 Å². The molecule has 1 saturated carbocycles. The molecule has 110 valence electrons. The lowest BCUT2D eigenvalue weighted by molar-refractivity contribution is 0.303. The Morgan fingerprint density at radius 3 is 2.77 bits per heavy atom. The third-order valence-electron chi connectivity index (χ3n) is 3.68. The molecule has 1 aromatic heterocycles. The van der Waals surface area contributed by atoms with E-state index in [4.69, 9.17) is 9.15 Å². The van der Waals surface area contributed by atoms with Crippen molar-refractivity contribution in [3.05, 3.63) is 64.8 Å². The van der Waals surface area contributed by atoms with Gasteiger partial charge in [0.05, 0.1) is 6.10 Å². The van der Waals surface area contributed by atoms with Crippen molar-refractivity contribution in [2.24, 2.45) is 0 Å². The van der Waals surface area contributed by atoms with E-state index in [0.29, 0.717) is 17.1 Å². The minimum atomic E-state index is -0.499. The van der Waals surface area contributed by atoms with Gasteiger partial charge in [-0.1, -0.05) is 12.1 Å². The number of fused-ring (bicyclic) bond motifs is 1. The highest BCUT2D eigenvalue weighted by atomic mass is 19.1. The molecule has 1 heterocycles. The van der Waals surface area contributed by atoms with Gasteiger partial charge >= 0.3 is 5.63 Å². The molecule has 0 saturated heterocycles. The van der Waals surface area contributed by atoms with E-state index in [0.717, 1.165) is 24.2 Å². The molecule has 1 fully saturated rings. The number of ether oxygens (including phenoxy) is 1. The maximum Gasteiger partial charge on any atom is 0.336 e. The number of hydrogen-bond acceptors (Lipinski definition) is 3. The number of rotatable bonds is 3. The van der Waals surface area contributed by atoms with E-state index in [2.05, 4.69) is 0 Å². The third-order valence-corrected chi connectivity index (χ3v) is 3.68. The Balaban J connectivity index is 1.87. The Hall–Kier alpha value is -2.62. The first-order valence-electron chi connectivity index (χ1n) is 7.19. The first kappa shape index (κ1) is 13.1. The highest BCUT2D eigenvalue weighted by Crippen LogP contribution is 2.32. The lowest BCUT2D eigenvalue weighted by Gasteiger charge is -2.09. The lowest BCUT2D eigenvalue weighted by Crippen LogP contribution is -1.99. The maximum atomic E-state index is 13.3. The molecule has 2 aromatic carbocycles. The number of hydrogen-bond donors (Lipinski definition) is 0. The quantitative estimate of drug-likeness (QED) is 0.682. The van der Waals surface area contributed by atoms with E-state index in [-0.39, 0.29) is 5.58 Å². The Kier molecular flexibility index (Phi) is 2.96. The fraction of sp³-hybridized carbons (Fsp3) is 0.167. The lowest BCUT2D eigenvalue weighted by atomic mass is 10.0. The van der Waals surface area contributed by atoms with Gasteiger partial charge in [0.25, 0.3) is 0 Å². The second-order valence-electron chi connectivity index (χ2n) is 5.46. The summed E-state index contributed by atoms with van der Waals surface area (Å²) in [4.78, 5) is 11.7. The van der Waals surface area contributed by atoms with Gasteiger partial charge < -0.3 is 9.15 Å². The van der Waals surface area contributed by atoms with E-state index >= 15 is 0 Å². The molecule has 3 nitrogen and oxygen atoms in total. The van der Waals surface area contributed by atoms with Crippen LogP contribution in [-0.4, -0.2) is 6.10 Å². The summed E-state index contributed by atoms with van der Waals surface area (Å²) in [5.74, 6) is 0.349. The number of benzene rings is 2. The van der Waals surface area contributed by atoms with Crippen LogP contribution in [-0.2, 0) is 0 Å². The molecular formula is C18H13FO3. The van der Waals surface area contributed by atoms with Crippen molar-refractivity contribution >= 4 is 11.0 Å². The minimum absolute atomic E-state index is 0.246. The molecule has 0 bridgehead atoms. The van der Waals surface area contributed by atoms with Gasteiger partial charge in [-0.2, -0.15) is 0 Å². The summed E-state index contributed by atoms with van der Waals surface area (Å²) in [7, 11) is 0. The molecule has 0 spiro atoms. The summed E-state index contributed by atoms with van der Waals surface area (Å²) in [5, 5.41) is 0.699. The zero-order valence-corrected chi connectivity index (χ0v) is 11.7. The van der Waals surface area contributed by atoms with Crippen molar-refractivity contribution in [2.75, 3.05) is 0 Å². The number of halogens is 1. The van der Waals surface area contributed by atoms with Crippen LogP contribution < -0.4 is 10.4 Å². The normalized spacial score (nSPS) is 14.2. The monoisotopic (exact) mass is 296 g/mol. The Bertz CT molecular complexity index is 910. The van der Waals surface area contributed by atoms with Gasteiger partial charge in [-0.05, 0) is 48.2 Å². The topological polar surface area (TPSA) is 39.4 Å². The fourth-order valence-corrected chi connectivity index (χ4v) is 2.49. The summed E-state index contributed by atoms with van der Waals surface area (Å²) in [6.07, 6.45) is 2.48.